The summed E-state index contributed by atoms with van der Waals surface area (Å²) in [5.41, 5.74) is 8.85. The van der Waals surface area contributed by atoms with Gasteiger partial charge in [0, 0.05) is 21.4 Å². The molecule has 21 heavy (non-hydrogen) atoms. The maximum Gasteiger partial charge on any atom is 0.226 e. The van der Waals surface area contributed by atoms with Crippen LogP contribution in [-0.4, -0.2) is 5.91 Å². The Bertz CT molecular complexity index is 621. The highest BCUT2D eigenvalue weighted by Gasteiger charge is 2.14. The number of carbonyl (C=O) groups excluding carboxylic acids is 1. The van der Waals surface area contributed by atoms with E-state index >= 15 is 0 Å². The van der Waals surface area contributed by atoms with Crippen LogP contribution in [0.3, 0.4) is 0 Å². The first-order valence-electron chi connectivity index (χ1n) is 6.53. The van der Waals surface area contributed by atoms with Gasteiger partial charge in [0.05, 0.1) is 5.69 Å². The molecule has 0 fully saturated rings. The van der Waals surface area contributed by atoms with Crippen LogP contribution in [0.2, 0.25) is 0 Å². The molecule has 1 atom stereocenters. The van der Waals surface area contributed by atoms with Gasteiger partial charge in [-0.3, -0.25) is 4.79 Å². The monoisotopic (exact) mass is 410 g/mol. The van der Waals surface area contributed by atoms with Gasteiger partial charge in [-0.1, -0.05) is 30.3 Å². The molecule has 3 N–H and O–H groups in total. The van der Waals surface area contributed by atoms with E-state index in [1.54, 1.807) is 0 Å². The van der Waals surface area contributed by atoms with Gasteiger partial charge in [0.15, 0.2) is 0 Å². The Kier molecular flexibility index (Phi) is 5.56. The molecular weight excluding hydrogens is 396 g/mol. The number of amides is 1. The standard InChI is InChI=1S/C16H16Br2N2O/c1-10-7-12(17)16(13(18)8-10)20-15(21)9-14(19)11-5-3-2-4-6-11/h2-8,14H,9,19H2,1H3,(H,20,21). The third-order valence-corrected chi connectivity index (χ3v) is 4.33. The molecule has 0 spiro atoms. The molecule has 0 aliphatic heterocycles. The number of hydrogen-bond donors (Lipinski definition) is 2. The summed E-state index contributed by atoms with van der Waals surface area (Å²) in [6.07, 6.45) is 0.233. The van der Waals surface area contributed by atoms with E-state index in [0.29, 0.717) is 0 Å². The first-order valence-corrected chi connectivity index (χ1v) is 8.12. The Hall–Kier alpha value is -1.17. The van der Waals surface area contributed by atoms with Crippen molar-refractivity contribution >= 4 is 43.5 Å². The minimum Gasteiger partial charge on any atom is -0.324 e. The van der Waals surface area contributed by atoms with Crippen molar-refractivity contribution in [3.63, 3.8) is 0 Å². The van der Waals surface area contributed by atoms with Gasteiger partial charge in [-0.15, -0.1) is 0 Å². The van der Waals surface area contributed by atoms with E-state index in [4.69, 9.17) is 5.73 Å². The zero-order valence-electron chi connectivity index (χ0n) is 11.6. The largest absolute Gasteiger partial charge is 0.324 e. The molecule has 0 bridgehead atoms. The zero-order chi connectivity index (χ0) is 15.4. The molecule has 0 aliphatic carbocycles. The van der Waals surface area contributed by atoms with Crippen LogP contribution in [0, 0.1) is 6.92 Å². The number of rotatable bonds is 4. The molecule has 1 amide bonds. The Morgan fingerprint density at radius 2 is 1.76 bits per heavy atom. The zero-order valence-corrected chi connectivity index (χ0v) is 14.7. The molecule has 0 radical (unpaired) electrons. The van der Waals surface area contributed by atoms with E-state index in [2.05, 4.69) is 37.2 Å². The Labute approximate surface area is 141 Å². The van der Waals surface area contributed by atoms with Crippen LogP contribution in [0.1, 0.15) is 23.6 Å². The number of benzene rings is 2. The molecule has 0 saturated heterocycles. The van der Waals surface area contributed by atoms with E-state index in [1.165, 1.54) is 0 Å². The average molecular weight is 412 g/mol. The van der Waals surface area contributed by atoms with E-state index < -0.39 is 0 Å². The summed E-state index contributed by atoms with van der Waals surface area (Å²) in [5, 5.41) is 2.89. The minimum atomic E-state index is -0.311. The summed E-state index contributed by atoms with van der Waals surface area (Å²) in [5.74, 6) is -0.114. The van der Waals surface area contributed by atoms with Crippen molar-refractivity contribution in [2.24, 2.45) is 5.73 Å². The lowest BCUT2D eigenvalue weighted by Gasteiger charge is -2.14. The van der Waals surface area contributed by atoms with Crippen LogP contribution in [0.25, 0.3) is 0 Å². The normalized spacial score (nSPS) is 12.0. The van der Waals surface area contributed by atoms with Crippen molar-refractivity contribution in [3.8, 4) is 0 Å². The maximum atomic E-state index is 12.2. The lowest BCUT2D eigenvalue weighted by molar-refractivity contribution is -0.116. The van der Waals surface area contributed by atoms with Crippen LogP contribution in [0.15, 0.2) is 51.4 Å². The van der Waals surface area contributed by atoms with Crippen LogP contribution in [-0.2, 0) is 4.79 Å². The van der Waals surface area contributed by atoms with Gasteiger partial charge in [-0.25, -0.2) is 0 Å². The molecule has 2 rings (SSSR count). The maximum absolute atomic E-state index is 12.2. The van der Waals surface area contributed by atoms with Gasteiger partial charge in [0.1, 0.15) is 0 Å². The molecule has 3 nitrogen and oxygen atoms in total. The lowest BCUT2D eigenvalue weighted by Crippen LogP contribution is -2.21. The molecule has 1 unspecified atom stereocenters. The van der Waals surface area contributed by atoms with E-state index in [1.807, 2.05) is 49.4 Å². The highest BCUT2D eigenvalue weighted by molar-refractivity contribution is 9.11. The summed E-state index contributed by atoms with van der Waals surface area (Å²) in [7, 11) is 0. The molecule has 2 aromatic rings. The highest BCUT2D eigenvalue weighted by atomic mass is 79.9. The van der Waals surface area contributed by atoms with Gasteiger partial charge in [0.2, 0.25) is 5.91 Å². The fraction of sp³-hybridized carbons (Fsp3) is 0.188. The number of carbonyl (C=O) groups is 1. The van der Waals surface area contributed by atoms with Crippen molar-refractivity contribution in [2.45, 2.75) is 19.4 Å². The Morgan fingerprint density at radius 1 is 1.19 bits per heavy atom. The summed E-state index contributed by atoms with van der Waals surface area (Å²) < 4.78 is 1.69. The summed E-state index contributed by atoms with van der Waals surface area (Å²) in [4.78, 5) is 12.2. The van der Waals surface area contributed by atoms with Crippen LogP contribution < -0.4 is 11.1 Å². The van der Waals surface area contributed by atoms with Crippen LogP contribution in [0.5, 0.6) is 0 Å². The van der Waals surface area contributed by atoms with E-state index in [-0.39, 0.29) is 18.4 Å². The SMILES string of the molecule is Cc1cc(Br)c(NC(=O)CC(N)c2ccccc2)c(Br)c1. The van der Waals surface area contributed by atoms with Crippen molar-refractivity contribution in [1.82, 2.24) is 0 Å². The van der Waals surface area contributed by atoms with Crippen LogP contribution >= 0.6 is 31.9 Å². The molecule has 0 heterocycles. The molecule has 0 saturated carbocycles. The van der Waals surface area contributed by atoms with Gasteiger partial charge in [0.25, 0.3) is 0 Å². The van der Waals surface area contributed by atoms with Crippen LogP contribution in [0.4, 0.5) is 5.69 Å². The molecular formula is C16H16Br2N2O. The molecule has 0 aliphatic rings. The number of hydrogen-bond acceptors (Lipinski definition) is 2. The Balaban J connectivity index is 2.06. The fourth-order valence-corrected chi connectivity index (χ4v) is 3.64. The summed E-state index contributed by atoms with van der Waals surface area (Å²) in [6, 6.07) is 13.2. The molecule has 110 valence electrons. The third-order valence-electron chi connectivity index (χ3n) is 3.08. The van der Waals surface area contributed by atoms with E-state index in [9.17, 15) is 4.79 Å². The number of nitrogens with two attached hydrogens (primary N) is 1. The first-order chi connectivity index (χ1) is 9.97. The predicted octanol–water partition coefficient (Wildman–Crippen LogP) is 4.55. The quantitative estimate of drug-likeness (QED) is 0.775. The van der Waals surface area contributed by atoms with Crippen molar-refractivity contribution in [1.29, 1.82) is 0 Å². The van der Waals surface area contributed by atoms with Crippen molar-refractivity contribution in [3.05, 3.63) is 62.5 Å². The smallest absolute Gasteiger partial charge is 0.226 e. The first kappa shape index (κ1) is 16.2. The van der Waals surface area contributed by atoms with Gasteiger partial charge >= 0.3 is 0 Å². The van der Waals surface area contributed by atoms with Gasteiger partial charge in [-0.2, -0.15) is 0 Å². The molecule has 5 heteroatoms. The van der Waals surface area contributed by atoms with Crippen molar-refractivity contribution < 1.29 is 4.79 Å². The Morgan fingerprint density at radius 3 is 2.33 bits per heavy atom. The number of anilines is 1. The van der Waals surface area contributed by atoms with Gasteiger partial charge in [-0.05, 0) is 62.0 Å². The minimum absolute atomic E-state index is 0.114. The third kappa shape index (κ3) is 4.40. The second kappa shape index (κ2) is 7.20. The van der Waals surface area contributed by atoms with Gasteiger partial charge < -0.3 is 11.1 Å². The molecule has 2 aromatic carbocycles. The number of aryl methyl sites for hydroxylation is 1. The highest BCUT2D eigenvalue weighted by Crippen LogP contribution is 2.32. The predicted molar refractivity (Wildman–Crippen MR) is 93.2 cm³/mol. The number of halogens is 2. The fourth-order valence-electron chi connectivity index (χ4n) is 2.03. The van der Waals surface area contributed by atoms with E-state index in [0.717, 1.165) is 25.8 Å². The second-order valence-corrected chi connectivity index (χ2v) is 6.58. The lowest BCUT2D eigenvalue weighted by atomic mass is 10.0. The topological polar surface area (TPSA) is 55.1 Å². The molecule has 0 aromatic heterocycles. The average Bonchev–Trinajstić information content (AvgIpc) is 2.43. The second-order valence-electron chi connectivity index (χ2n) is 4.87. The summed E-state index contributed by atoms with van der Waals surface area (Å²) >= 11 is 6.92. The summed E-state index contributed by atoms with van der Waals surface area (Å²) in [6.45, 7) is 1.99. The van der Waals surface area contributed by atoms with Crippen molar-refractivity contribution in [2.75, 3.05) is 5.32 Å². The number of nitrogens with one attached hydrogen (secondary N) is 1.